The Labute approximate surface area is 267 Å². The summed E-state index contributed by atoms with van der Waals surface area (Å²) >= 11 is 0. The van der Waals surface area contributed by atoms with E-state index in [-0.39, 0.29) is 49.7 Å². The zero-order chi connectivity index (χ0) is 32.4. The number of amides is 4. The van der Waals surface area contributed by atoms with Crippen LogP contribution in [0.2, 0.25) is 0 Å². The highest BCUT2D eigenvalue weighted by atomic mass is 16.3. The summed E-state index contributed by atoms with van der Waals surface area (Å²) in [6.07, 6.45) is -0.508. The second-order valence-corrected chi connectivity index (χ2v) is 12.1. The van der Waals surface area contributed by atoms with Gasteiger partial charge in [-0.15, -0.1) is 5.10 Å². The maximum Gasteiger partial charge on any atom is 0.334 e. The zero-order valence-corrected chi connectivity index (χ0v) is 26.3. The number of rotatable bonds is 9. The van der Waals surface area contributed by atoms with Crippen LogP contribution in [0.15, 0.2) is 72.8 Å². The first-order valence-corrected chi connectivity index (χ1v) is 15.4. The minimum absolute atomic E-state index is 0.0509. The molecule has 240 valence electrons. The minimum atomic E-state index is -0.857. The zero-order valence-electron chi connectivity index (χ0n) is 26.3. The topological polar surface area (TPSA) is 130 Å². The Bertz CT molecular complexity index is 1710. The first kappa shape index (κ1) is 31.0. The Hall–Kier alpha value is -5.01. The summed E-state index contributed by atoms with van der Waals surface area (Å²) in [5, 5.41) is 24.8. The summed E-state index contributed by atoms with van der Waals surface area (Å²) in [5.74, 6) is -0.330. The molecule has 46 heavy (non-hydrogen) atoms. The van der Waals surface area contributed by atoms with Gasteiger partial charge in [-0.2, -0.15) is 0 Å². The van der Waals surface area contributed by atoms with Gasteiger partial charge in [-0.05, 0) is 49.0 Å². The summed E-state index contributed by atoms with van der Waals surface area (Å²) in [4.78, 5) is 47.2. The third kappa shape index (κ3) is 6.37. The molecule has 2 aliphatic heterocycles. The van der Waals surface area contributed by atoms with Crippen molar-refractivity contribution >= 4 is 28.9 Å². The highest BCUT2D eigenvalue weighted by Crippen LogP contribution is 2.30. The van der Waals surface area contributed by atoms with Gasteiger partial charge < -0.3 is 25.1 Å². The fraction of sp³-hybridized carbons (Fsp3) is 0.364. The number of nitrogens with zero attached hydrogens (tertiary/aromatic N) is 8. The fourth-order valence-corrected chi connectivity index (χ4v) is 6.24. The van der Waals surface area contributed by atoms with Gasteiger partial charge in [-0.25, -0.2) is 19.5 Å². The van der Waals surface area contributed by atoms with Crippen molar-refractivity contribution in [2.24, 2.45) is 0 Å². The number of likely N-dealkylation sites (N-methyl/N-ethyl adjacent to an activating group) is 2. The van der Waals surface area contributed by atoms with Crippen molar-refractivity contribution in [1.29, 1.82) is 0 Å². The number of phenols is 1. The molecule has 2 N–H and O–H groups in total. The Balaban J connectivity index is 1.34. The van der Waals surface area contributed by atoms with E-state index >= 15 is 0 Å². The van der Waals surface area contributed by atoms with E-state index in [1.165, 1.54) is 0 Å². The molecule has 3 aromatic carbocycles. The summed E-state index contributed by atoms with van der Waals surface area (Å²) in [6, 6.07) is 20.8. The van der Waals surface area contributed by atoms with Gasteiger partial charge in [-0.3, -0.25) is 9.59 Å². The number of phenolic OH excluding ortho intramolecular Hbond substituents is 1. The number of hydrogen-bond donors (Lipinski definition) is 2. The van der Waals surface area contributed by atoms with Crippen molar-refractivity contribution in [1.82, 2.24) is 45.0 Å². The molecule has 0 spiro atoms. The van der Waals surface area contributed by atoms with Gasteiger partial charge in [0.1, 0.15) is 23.5 Å². The quantitative estimate of drug-likeness (QED) is 0.289. The van der Waals surface area contributed by atoms with Crippen LogP contribution in [0.5, 0.6) is 5.75 Å². The van der Waals surface area contributed by atoms with E-state index in [0.29, 0.717) is 13.1 Å². The number of benzene rings is 3. The largest absolute Gasteiger partial charge is 0.508 e. The SMILES string of the molecule is CN(C)CCn1nnc2cccc(CN3C[C@H]4N(C(=O)CN(C)N4C(=O)NCc4ccccc4)[C@@H](Cc4ccc(O)cc4)C3=O)c21. The minimum Gasteiger partial charge on any atom is -0.508 e. The number of para-hydroxylation sites is 1. The Morgan fingerprint density at radius 2 is 1.76 bits per heavy atom. The van der Waals surface area contributed by atoms with E-state index in [0.717, 1.165) is 34.3 Å². The van der Waals surface area contributed by atoms with Gasteiger partial charge >= 0.3 is 6.03 Å². The number of aromatic nitrogens is 3. The monoisotopic (exact) mass is 625 g/mol. The second kappa shape index (κ2) is 13.2. The van der Waals surface area contributed by atoms with E-state index < -0.39 is 12.2 Å². The average molecular weight is 626 g/mol. The average Bonchev–Trinajstić information content (AvgIpc) is 3.46. The molecule has 3 heterocycles. The van der Waals surface area contributed by atoms with Crippen LogP contribution in [0.1, 0.15) is 16.7 Å². The van der Waals surface area contributed by atoms with E-state index in [9.17, 15) is 19.5 Å². The maximum absolute atomic E-state index is 14.3. The van der Waals surface area contributed by atoms with Crippen molar-refractivity contribution in [3.8, 4) is 5.75 Å². The third-order valence-corrected chi connectivity index (χ3v) is 8.54. The number of nitrogens with one attached hydrogen (secondary N) is 1. The van der Waals surface area contributed by atoms with Crippen LogP contribution in [0.3, 0.4) is 0 Å². The highest BCUT2D eigenvalue weighted by Gasteiger charge is 2.50. The summed E-state index contributed by atoms with van der Waals surface area (Å²) in [7, 11) is 5.70. The molecule has 0 unspecified atom stereocenters. The smallest absolute Gasteiger partial charge is 0.334 e. The Kier molecular flexibility index (Phi) is 8.86. The normalized spacial score (nSPS) is 18.8. The number of hydrogen-bond acceptors (Lipinski definition) is 8. The lowest BCUT2D eigenvalue weighted by Gasteiger charge is -2.54. The van der Waals surface area contributed by atoms with Gasteiger partial charge in [0, 0.05) is 33.1 Å². The van der Waals surface area contributed by atoms with Gasteiger partial charge in [0.25, 0.3) is 0 Å². The number of urea groups is 1. The lowest BCUT2D eigenvalue weighted by Crippen LogP contribution is -2.76. The molecule has 2 atom stereocenters. The molecule has 0 aliphatic carbocycles. The van der Waals surface area contributed by atoms with Crippen molar-refractivity contribution < 1.29 is 19.5 Å². The molecular weight excluding hydrogens is 586 g/mol. The van der Waals surface area contributed by atoms with Crippen LogP contribution in [0.4, 0.5) is 4.79 Å². The van der Waals surface area contributed by atoms with E-state index in [2.05, 4.69) is 20.5 Å². The molecule has 0 bridgehead atoms. The van der Waals surface area contributed by atoms with Crippen LogP contribution >= 0.6 is 0 Å². The van der Waals surface area contributed by atoms with Crippen LogP contribution in [0.25, 0.3) is 11.0 Å². The maximum atomic E-state index is 14.3. The van der Waals surface area contributed by atoms with E-state index in [4.69, 9.17) is 0 Å². The number of hydrazine groups is 1. The lowest BCUT2D eigenvalue weighted by atomic mass is 9.98. The van der Waals surface area contributed by atoms with Crippen LogP contribution in [0, 0.1) is 0 Å². The molecular formula is C33H39N9O4. The molecule has 2 fully saturated rings. The second-order valence-electron chi connectivity index (χ2n) is 12.1. The molecule has 2 saturated heterocycles. The van der Waals surface area contributed by atoms with E-state index in [1.807, 2.05) is 67.3 Å². The highest BCUT2D eigenvalue weighted by molar-refractivity contribution is 5.92. The predicted molar refractivity (Wildman–Crippen MR) is 171 cm³/mol. The number of carbonyl (C=O) groups excluding carboxylic acids is 3. The van der Waals surface area contributed by atoms with Crippen molar-refractivity contribution in [2.75, 3.05) is 40.8 Å². The van der Waals surface area contributed by atoms with Crippen molar-refractivity contribution in [3.63, 3.8) is 0 Å². The van der Waals surface area contributed by atoms with Gasteiger partial charge in [-0.1, -0.05) is 59.8 Å². The van der Waals surface area contributed by atoms with Gasteiger partial charge in [0.05, 0.1) is 25.2 Å². The van der Waals surface area contributed by atoms with Crippen LogP contribution in [-0.2, 0) is 35.6 Å². The number of piperazine rings is 1. The summed E-state index contributed by atoms with van der Waals surface area (Å²) in [6.45, 7) is 2.03. The molecule has 6 rings (SSSR count). The van der Waals surface area contributed by atoms with Crippen LogP contribution in [-0.4, -0.2) is 116 Å². The molecule has 13 heteroatoms. The number of fused-ring (bicyclic) bond motifs is 2. The fourth-order valence-electron chi connectivity index (χ4n) is 6.24. The first-order chi connectivity index (χ1) is 22.2. The standard InChI is InChI=1S/C33H39N9O4/c1-37(2)16-17-40-31-25(10-7-11-27(31)35-36-40)20-39-21-29-41(28(32(39)45)18-23-12-14-26(43)15-13-23)30(44)22-38(3)42(29)33(46)34-19-24-8-5-4-6-9-24/h4-15,28-29,43H,16-22H2,1-3H3,(H,34,46)/t28-,29-/m0/s1. The number of aromatic hydroxyl groups is 1. The van der Waals surface area contributed by atoms with Crippen molar-refractivity contribution in [3.05, 3.63) is 89.5 Å². The molecule has 4 amide bonds. The molecule has 4 aromatic rings. The first-order valence-electron chi connectivity index (χ1n) is 15.4. The summed E-state index contributed by atoms with van der Waals surface area (Å²) in [5.41, 5.74) is 4.20. The molecule has 1 aromatic heterocycles. The third-order valence-electron chi connectivity index (χ3n) is 8.54. The molecule has 2 aliphatic rings. The van der Waals surface area contributed by atoms with E-state index in [1.54, 1.807) is 51.1 Å². The van der Waals surface area contributed by atoms with Crippen LogP contribution < -0.4 is 5.32 Å². The molecule has 13 nitrogen and oxygen atoms in total. The summed E-state index contributed by atoms with van der Waals surface area (Å²) < 4.78 is 1.86. The predicted octanol–water partition coefficient (Wildman–Crippen LogP) is 1.88. The lowest BCUT2D eigenvalue weighted by molar-refractivity contribution is -0.187. The Morgan fingerprint density at radius 3 is 2.50 bits per heavy atom. The molecule has 0 radical (unpaired) electrons. The van der Waals surface area contributed by atoms with Crippen molar-refractivity contribution in [2.45, 2.75) is 38.3 Å². The Morgan fingerprint density at radius 1 is 1.00 bits per heavy atom. The molecule has 0 saturated carbocycles. The van der Waals surface area contributed by atoms with Gasteiger partial charge in [0.15, 0.2) is 0 Å². The van der Waals surface area contributed by atoms with Gasteiger partial charge in [0.2, 0.25) is 11.8 Å². The number of carbonyl (C=O) groups is 3.